The van der Waals surface area contributed by atoms with Crippen LogP contribution in [0.15, 0.2) is 29.3 Å². The number of benzene rings is 1. The van der Waals surface area contributed by atoms with Gasteiger partial charge in [-0.1, -0.05) is 18.6 Å². The number of rotatable bonds is 9. The number of nitrogens with zero attached hydrogens (tertiary/aromatic N) is 2. The molecular weight excluding hydrogens is 455 g/mol. The van der Waals surface area contributed by atoms with Crippen LogP contribution in [0.25, 0.3) is 0 Å². The highest BCUT2D eigenvalue weighted by atomic mass is 127. The van der Waals surface area contributed by atoms with E-state index < -0.39 is 0 Å². The molecule has 0 bridgehead atoms. The van der Waals surface area contributed by atoms with Crippen LogP contribution in [0.4, 0.5) is 0 Å². The molecule has 1 heterocycles. The summed E-state index contributed by atoms with van der Waals surface area (Å²) in [6, 6.07) is 8.77. The van der Waals surface area contributed by atoms with E-state index in [1.165, 1.54) is 24.8 Å². The molecule has 154 valence electrons. The molecule has 1 aliphatic rings. The van der Waals surface area contributed by atoms with E-state index in [9.17, 15) is 0 Å². The van der Waals surface area contributed by atoms with Gasteiger partial charge < -0.3 is 20.1 Å². The van der Waals surface area contributed by atoms with Gasteiger partial charge >= 0.3 is 0 Å². The molecule has 0 amide bonds. The fourth-order valence-electron chi connectivity index (χ4n) is 3.35. The van der Waals surface area contributed by atoms with Crippen molar-refractivity contribution in [2.24, 2.45) is 4.99 Å². The third-order valence-corrected chi connectivity index (χ3v) is 4.84. The molecule has 1 aliphatic heterocycles. The van der Waals surface area contributed by atoms with Crippen LogP contribution >= 0.6 is 24.0 Å². The molecule has 0 spiro atoms. The number of methoxy groups -OCH3 is 2. The van der Waals surface area contributed by atoms with Gasteiger partial charge in [0.1, 0.15) is 5.75 Å². The van der Waals surface area contributed by atoms with E-state index >= 15 is 0 Å². The SMILES string of the molecule is CN=C(NCCCOC)NCC(c1ccc(OC)cc1)N1CCCCC1.I. The van der Waals surface area contributed by atoms with Gasteiger partial charge in [0.2, 0.25) is 0 Å². The van der Waals surface area contributed by atoms with Crippen LogP contribution in [0, 0.1) is 0 Å². The molecule has 7 heteroatoms. The summed E-state index contributed by atoms with van der Waals surface area (Å²) in [5.41, 5.74) is 1.31. The summed E-state index contributed by atoms with van der Waals surface area (Å²) < 4.78 is 10.4. The predicted octanol–water partition coefficient (Wildman–Crippen LogP) is 3.04. The number of ether oxygens (including phenoxy) is 2. The summed E-state index contributed by atoms with van der Waals surface area (Å²) in [5.74, 6) is 1.74. The topological polar surface area (TPSA) is 58.1 Å². The molecule has 0 radical (unpaired) electrons. The quantitative estimate of drug-likeness (QED) is 0.241. The third kappa shape index (κ3) is 8.23. The van der Waals surface area contributed by atoms with Crippen molar-refractivity contribution >= 4 is 29.9 Å². The van der Waals surface area contributed by atoms with Crippen LogP contribution in [0.2, 0.25) is 0 Å². The zero-order valence-electron chi connectivity index (χ0n) is 16.9. The molecule has 2 N–H and O–H groups in total. The first-order valence-electron chi connectivity index (χ1n) is 9.60. The molecule has 2 rings (SSSR count). The Kier molecular flexibility index (Phi) is 12.4. The van der Waals surface area contributed by atoms with E-state index in [1.807, 2.05) is 19.2 Å². The van der Waals surface area contributed by atoms with Crippen molar-refractivity contribution in [3.8, 4) is 5.75 Å². The van der Waals surface area contributed by atoms with Gasteiger partial charge in [0.15, 0.2) is 5.96 Å². The number of hydrogen-bond donors (Lipinski definition) is 2. The Morgan fingerprint density at radius 3 is 2.41 bits per heavy atom. The normalized spacial score (nSPS) is 16.3. The minimum absolute atomic E-state index is 0. The first-order chi connectivity index (χ1) is 12.8. The van der Waals surface area contributed by atoms with Crippen molar-refractivity contribution in [1.82, 2.24) is 15.5 Å². The highest BCUT2D eigenvalue weighted by Gasteiger charge is 2.22. The molecule has 1 aromatic rings. The second-order valence-corrected chi connectivity index (χ2v) is 6.61. The van der Waals surface area contributed by atoms with Crippen molar-refractivity contribution in [2.75, 3.05) is 54.1 Å². The van der Waals surface area contributed by atoms with Crippen molar-refractivity contribution in [3.63, 3.8) is 0 Å². The monoisotopic (exact) mass is 490 g/mol. The molecular formula is C20H35IN4O2. The number of guanidine groups is 1. The summed E-state index contributed by atoms with van der Waals surface area (Å²) in [6.07, 6.45) is 4.85. The Bertz CT molecular complexity index is 533. The zero-order valence-corrected chi connectivity index (χ0v) is 19.2. The fourth-order valence-corrected chi connectivity index (χ4v) is 3.35. The summed E-state index contributed by atoms with van der Waals surface area (Å²) >= 11 is 0. The van der Waals surface area contributed by atoms with Crippen LogP contribution in [0.5, 0.6) is 5.75 Å². The molecule has 1 unspecified atom stereocenters. The Labute approximate surface area is 181 Å². The fraction of sp³-hybridized carbons (Fsp3) is 0.650. The van der Waals surface area contributed by atoms with Crippen molar-refractivity contribution < 1.29 is 9.47 Å². The average molecular weight is 490 g/mol. The summed E-state index contributed by atoms with van der Waals surface area (Å²) in [5, 5.41) is 6.85. The number of piperidine rings is 1. The lowest BCUT2D eigenvalue weighted by Crippen LogP contribution is -2.44. The average Bonchev–Trinajstić information content (AvgIpc) is 2.71. The Balaban J connectivity index is 0.00000364. The Morgan fingerprint density at radius 1 is 1.11 bits per heavy atom. The molecule has 0 aliphatic carbocycles. The summed E-state index contributed by atoms with van der Waals surface area (Å²) in [4.78, 5) is 6.92. The van der Waals surface area contributed by atoms with Gasteiger partial charge in [-0.05, 0) is 50.0 Å². The van der Waals surface area contributed by atoms with Crippen LogP contribution in [0.1, 0.15) is 37.3 Å². The minimum Gasteiger partial charge on any atom is -0.497 e. The molecule has 6 nitrogen and oxygen atoms in total. The first kappa shape index (κ1) is 24.0. The molecule has 27 heavy (non-hydrogen) atoms. The Morgan fingerprint density at radius 2 is 1.81 bits per heavy atom. The molecule has 1 saturated heterocycles. The van der Waals surface area contributed by atoms with Gasteiger partial charge in [0.25, 0.3) is 0 Å². The van der Waals surface area contributed by atoms with Gasteiger partial charge in [-0.3, -0.25) is 9.89 Å². The van der Waals surface area contributed by atoms with E-state index in [-0.39, 0.29) is 24.0 Å². The summed E-state index contributed by atoms with van der Waals surface area (Å²) in [6.45, 7) is 4.74. The lowest BCUT2D eigenvalue weighted by Gasteiger charge is -2.35. The summed E-state index contributed by atoms with van der Waals surface area (Å²) in [7, 11) is 5.25. The number of aliphatic imine (C=N–C) groups is 1. The molecule has 0 saturated carbocycles. The molecule has 1 atom stereocenters. The van der Waals surface area contributed by atoms with Gasteiger partial charge in [-0.15, -0.1) is 24.0 Å². The number of hydrogen-bond acceptors (Lipinski definition) is 4. The third-order valence-electron chi connectivity index (χ3n) is 4.84. The standard InChI is InChI=1S/C20H34N4O2.HI/c1-21-20(22-12-7-15-25-2)23-16-19(24-13-5-4-6-14-24)17-8-10-18(26-3)11-9-17;/h8-11,19H,4-7,12-16H2,1-3H3,(H2,21,22,23);1H. The molecule has 1 aromatic carbocycles. The number of likely N-dealkylation sites (tertiary alicyclic amines) is 1. The van der Waals surface area contributed by atoms with Gasteiger partial charge in [-0.25, -0.2) is 0 Å². The van der Waals surface area contributed by atoms with E-state index in [2.05, 4.69) is 32.7 Å². The van der Waals surface area contributed by atoms with Gasteiger partial charge in [0.05, 0.1) is 13.2 Å². The second kappa shape index (κ2) is 14.0. The van der Waals surface area contributed by atoms with E-state index in [1.54, 1.807) is 14.2 Å². The largest absolute Gasteiger partial charge is 0.497 e. The smallest absolute Gasteiger partial charge is 0.191 e. The van der Waals surface area contributed by atoms with E-state index in [0.717, 1.165) is 50.9 Å². The van der Waals surface area contributed by atoms with Gasteiger partial charge in [0, 0.05) is 33.9 Å². The first-order valence-corrected chi connectivity index (χ1v) is 9.60. The van der Waals surface area contributed by atoms with Crippen LogP contribution in [-0.4, -0.2) is 64.9 Å². The van der Waals surface area contributed by atoms with E-state index in [4.69, 9.17) is 9.47 Å². The highest BCUT2D eigenvalue weighted by Crippen LogP contribution is 2.25. The molecule has 0 aromatic heterocycles. The maximum Gasteiger partial charge on any atom is 0.191 e. The van der Waals surface area contributed by atoms with Crippen molar-refractivity contribution in [3.05, 3.63) is 29.8 Å². The zero-order chi connectivity index (χ0) is 18.6. The number of halogens is 1. The maximum absolute atomic E-state index is 5.31. The van der Waals surface area contributed by atoms with Crippen LogP contribution in [0.3, 0.4) is 0 Å². The van der Waals surface area contributed by atoms with Crippen molar-refractivity contribution in [1.29, 1.82) is 0 Å². The van der Waals surface area contributed by atoms with Crippen LogP contribution < -0.4 is 15.4 Å². The lowest BCUT2D eigenvalue weighted by atomic mass is 10.0. The van der Waals surface area contributed by atoms with Crippen molar-refractivity contribution in [2.45, 2.75) is 31.7 Å². The number of nitrogens with one attached hydrogen (secondary N) is 2. The maximum atomic E-state index is 5.31. The minimum atomic E-state index is 0. The van der Waals surface area contributed by atoms with Gasteiger partial charge in [-0.2, -0.15) is 0 Å². The lowest BCUT2D eigenvalue weighted by molar-refractivity contribution is 0.164. The highest BCUT2D eigenvalue weighted by molar-refractivity contribution is 14.0. The Hall–Kier alpha value is -1.06. The molecule has 1 fully saturated rings. The van der Waals surface area contributed by atoms with E-state index in [0.29, 0.717) is 6.04 Å². The second-order valence-electron chi connectivity index (χ2n) is 6.61. The van der Waals surface area contributed by atoms with Crippen LogP contribution in [-0.2, 0) is 4.74 Å². The predicted molar refractivity (Wildman–Crippen MR) is 122 cm³/mol.